The lowest BCUT2D eigenvalue weighted by atomic mass is 9.86. The van der Waals surface area contributed by atoms with E-state index in [0.29, 0.717) is 61.1 Å². The van der Waals surface area contributed by atoms with E-state index in [1.165, 1.54) is 13.2 Å². The number of phenols is 1. The highest BCUT2D eigenvalue weighted by atomic mass is 19.1. The van der Waals surface area contributed by atoms with Crippen molar-refractivity contribution >= 4 is 11.3 Å². The number of anilines is 1. The van der Waals surface area contributed by atoms with Crippen molar-refractivity contribution in [1.29, 1.82) is 0 Å². The van der Waals surface area contributed by atoms with E-state index in [1.54, 1.807) is 23.1 Å². The maximum atomic E-state index is 14.6. The minimum Gasteiger partial charge on any atom is -0.505 e. The van der Waals surface area contributed by atoms with Gasteiger partial charge >= 0.3 is 0 Å². The predicted octanol–water partition coefficient (Wildman–Crippen LogP) is 4.12. The highest BCUT2D eigenvalue weighted by Crippen LogP contribution is 2.47. The van der Waals surface area contributed by atoms with Gasteiger partial charge in [0.1, 0.15) is 35.8 Å². The number of aliphatic hydroxyl groups excluding tert-OH is 1. The van der Waals surface area contributed by atoms with Crippen LogP contribution in [0.1, 0.15) is 11.1 Å². The molecule has 2 aromatic rings. The first-order chi connectivity index (χ1) is 18.9. The normalized spacial score (nSPS) is 19.6. The number of hydrogen-bond donors (Lipinski definition) is 2. The highest BCUT2D eigenvalue weighted by Gasteiger charge is 2.31. The molecule has 2 heterocycles. The van der Waals surface area contributed by atoms with Crippen LogP contribution in [0.2, 0.25) is 0 Å². The van der Waals surface area contributed by atoms with Crippen LogP contribution in [0, 0.1) is 5.82 Å². The Balaban J connectivity index is 1.70. The van der Waals surface area contributed by atoms with Crippen LogP contribution in [0.5, 0.6) is 17.2 Å². The molecule has 0 aromatic heterocycles. The zero-order chi connectivity index (χ0) is 27.5. The van der Waals surface area contributed by atoms with Gasteiger partial charge in [-0.1, -0.05) is 6.07 Å². The van der Waals surface area contributed by atoms with Gasteiger partial charge in [0.2, 0.25) is 5.88 Å². The molecular formula is C28H27F2NO8. The molecule has 2 aliphatic heterocycles. The lowest BCUT2D eigenvalue weighted by Gasteiger charge is -2.30. The Morgan fingerprint density at radius 3 is 2.62 bits per heavy atom. The van der Waals surface area contributed by atoms with Crippen molar-refractivity contribution in [2.45, 2.75) is 6.10 Å². The second kappa shape index (κ2) is 11.5. The molecule has 0 spiro atoms. The van der Waals surface area contributed by atoms with Gasteiger partial charge in [-0.05, 0) is 42.5 Å². The molecule has 2 N–H and O–H groups in total. The molecule has 2 aromatic carbocycles. The van der Waals surface area contributed by atoms with E-state index < -0.39 is 23.5 Å². The third-order valence-corrected chi connectivity index (χ3v) is 6.28. The molecule has 0 bridgehead atoms. The number of aliphatic hydroxyl groups is 1. The minimum absolute atomic E-state index is 0.139. The molecule has 206 valence electrons. The standard InChI is InChI=1S/C28H27F2NO8/c1-16(39-34-2)31-5-6-35-7-8-36-9-10-37-25-4-3-17(11-22(25)31)28-18-12-20(29)23(32)14-26(18)38-27-15-24(33)21(30)13-19(27)28/h3-4,11-15,23,32-33H,1,5-10H2,2H3. The van der Waals surface area contributed by atoms with E-state index in [9.17, 15) is 19.0 Å². The fraction of sp³-hybridized carbons (Fsp3) is 0.286. The fourth-order valence-electron chi connectivity index (χ4n) is 4.50. The van der Waals surface area contributed by atoms with Crippen molar-refractivity contribution in [3.63, 3.8) is 0 Å². The molecule has 0 fully saturated rings. The van der Waals surface area contributed by atoms with Gasteiger partial charge in [0.25, 0.3) is 0 Å². The minimum atomic E-state index is -1.50. The van der Waals surface area contributed by atoms with Gasteiger partial charge in [-0.25, -0.2) is 8.78 Å². The summed E-state index contributed by atoms with van der Waals surface area (Å²) in [6.45, 7) is 5.97. The number of fused-ring (bicyclic) bond motifs is 3. The quantitative estimate of drug-likeness (QED) is 0.335. The summed E-state index contributed by atoms with van der Waals surface area (Å²) in [5.41, 5.74) is 2.04. The molecular weight excluding hydrogens is 516 g/mol. The number of halogens is 2. The van der Waals surface area contributed by atoms with Crippen molar-refractivity contribution < 1.29 is 47.7 Å². The SMILES string of the molecule is C=C(OOC)N1CCOCCOCCOc2ccc(C3=C4C=C(F)C(O)C=C4Oc4cc(O)c(F)cc43)cc21. The summed E-state index contributed by atoms with van der Waals surface area (Å²) in [6.07, 6.45) is 0.857. The molecule has 0 radical (unpaired) electrons. The van der Waals surface area contributed by atoms with Crippen molar-refractivity contribution in [2.24, 2.45) is 0 Å². The van der Waals surface area contributed by atoms with Crippen LogP contribution in [0.25, 0.3) is 5.57 Å². The third kappa shape index (κ3) is 5.48. The van der Waals surface area contributed by atoms with Gasteiger partial charge in [0, 0.05) is 29.3 Å². The molecule has 0 saturated heterocycles. The number of allylic oxidation sites excluding steroid dienone is 1. The first-order valence-corrected chi connectivity index (χ1v) is 12.2. The number of benzene rings is 2. The number of rotatable bonds is 4. The molecule has 1 unspecified atom stereocenters. The Kier molecular flexibility index (Phi) is 7.84. The zero-order valence-electron chi connectivity index (χ0n) is 21.1. The van der Waals surface area contributed by atoms with E-state index in [4.69, 9.17) is 28.7 Å². The van der Waals surface area contributed by atoms with Crippen molar-refractivity contribution in [3.8, 4) is 17.2 Å². The van der Waals surface area contributed by atoms with Crippen LogP contribution in [0.15, 0.2) is 72.1 Å². The maximum Gasteiger partial charge on any atom is 0.230 e. The van der Waals surface area contributed by atoms with E-state index in [1.807, 2.05) is 0 Å². The third-order valence-electron chi connectivity index (χ3n) is 6.28. The number of hydrogen-bond acceptors (Lipinski definition) is 9. The first-order valence-electron chi connectivity index (χ1n) is 12.2. The average Bonchev–Trinajstić information content (AvgIpc) is 2.90. The van der Waals surface area contributed by atoms with Gasteiger partial charge in [0.15, 0.2) is 11.6 Å². The van der Waals surface area contributed by atoms with Gasteiger partial charge < -0.3 is 38.9 Å². The summed E-state index contributed by atoms with van der Waals surface area (Å²) in [5, 5.41) is 20.0. The van der Waals surface area contributed by atoms with Gasteiger partial charge in [-0.2, -0.15) is 4.89 Å². The lowest BCUT2D eigenvalue weighted by molar-refractivity contribution is -0.238. The summed E-state index contributed by atoms with van der Waals surface area (Å²) in [7, 11) is 1.35. The molecule has 1 atom stereocenters. The van der Waals surface area contributed by atoms with Crippen LogP contribution in [-0.2, 0) is 19.2 Å². The molecule has 1 aliphatic carbocycles. The Hall–Kier alpha value is -3.90. The molecule has 9 nitrogen and oxygen atoms in total. The summed E-state index contributed by atoms with van der Waals surface area (Å²) in [5.74, 6) is -1.36. The van der Waals surface area contributed by atoms with Crippen LogP contribution >= 0.6 is 0 Å². The summed E-state index contributed by atoms with van der Waals surface area (Å²) >= 11 is 0. The number of aromatic hydroxyl groups is 1. The lowest BCUT2D eigenvalue weighted by Crippen LogP contribution is -2.29. The topological polar surface area (TPSA) is 99.1 Å². The number of ether oxygens (including phenoxy) is 4. The van der Waals surface area contributed by atoms with Crippen molar-refractivity contribution in [2.75, 3.05) is 51.6 Å². The number of nitrogens with zero attached hydrogens (tertiary/aromatic N) is 1. The Bertz CT molecular complexity index is 1370. The zero-order valence-corrected chi connectivity index (χ0v) is 21.1. The maximum absolute atomic E-state index is 14.6. The Morgan fingerprint density at radius 2 is 1.82 bits per heavy atom. The van der Waals surface area contributed by atoms with E-state index in [-0.39, 0.29) is 29.6 Å². The van der Waals surface area contributed by atoms with Crippen LogP contribution in [0.4, 0.5) is 14.5 Å². The highest BCUT2D eigenvalue weighted by molar-refractivity contribution is 5.92. The molecule has 3 aliphatic rings. The monoisotopic (exact) mass is 543 g/mol. The second-order valence-electron chi connectivity index (χ2n) is 8.75. The van der Waals surface area contributed by atoms with Crippen LogP contribution in [0.3, 0.4) is 0 Å². The van der Waals surface area contributed by atoms with Gasteiger partial charge in [-0.15, -0.1) is 0 Å². The second-order valence-corrected chi connectivity index (χ2v) is 8.75. The Labute approximate surface area is 223 Å². The van der Waals surface area contributed by atoms with Gasteiger partial charge in [-0.3, -0.25) is 0 Å². The van der Waals surface area contributed by atoms with Crippen molar-refractivity contribution in [1.82, 2.24) is 0 Å². The number of phenolic OH excluding ortho intramolecular Hbond substituents is 1. The summed E-state index contributed by atoms with van der Waals surface area (Å²) in [4.78, 5) is 11.8. The molecule has 39 heavy (non-hydrogen) atoms. The first kappa shape index (κ1) is 26.7. The van der Waals surface area contributed by atoms with Crippen LogP contribution in [-0.4, -0.2) is 63.0 Å². The smallest absolute Gasteiger partial charge is 0.230 e. The summed E-state index contributed by atoms with van der Waals surface area (Å²) < 4.78 is 52.2. The van der Waals surface area contributed by atoms with E-state index >= 15 is 0 Å². The predicted molar refractivity (Wildman–Crippen MR) is 136 cm³/mol. The van der Waals surface area contributed by atoms with E-state index in [2.05, 4.69) is 6.58 Å². The molecule has 0 saturated carbocycles. The summed E-state index contributed by atoms with van der Waals surface area (Å²) in [6, 6.07) is 7.45. The van der Waals surface area contributed by atoms with Gasteiger partial charge in [0.05, 0.1) is 39.2 Å². The largest absolute Gasteiger partial charge is 0.505 e. The molecule has 11 heteroatoms. The molecule has 0 amide bonds. The Morgan fingerprint density at radius 1 is 1.05 bits per heavy atom. The van der Waals surface area contributed by atoms with E-state index in [0.717, 1.165) is 18.2 Å². The van der Waals surface area contributed by atoms with Crippen LogP contribution < -0.4 is 14.4 Å². The molecule has 5 rings (SSSR count). The fourth-order valence-corrected chi connectivity index (χ4v) is 4.50. The average molecular weight is 544 g/mol. The van der Waals surface area contributed by atoms with Crippen molar-refractivity contribution in [3.05, 3.63) is 89.0 Å².